The van der Waals surface area contributed by atoms with Crippen LogP contribution >= 0.6 is 0 Å². The molecule has 1 unspecified atom stereocenters. The minimum absolute atomic E-state index is 0.0662. The average Bonchev–Trinajstić information content (AvgIpc) is 3.03. The molecule has 1 aliphatic heterocycles. The summed E-state index contributed by atoms with van der Waals surface area (Å²) in [6, 6.07) is 10.7. The molecule has 0 bridgehead atoms. The van der Waals surface area contributed by atoms with Gasteiger partial charge in [0.25, 0.3) is 0 Å². The molecule has 0 radical (unpaired) electrons. The van der Waals surface area contributed by atoms with Crippen molar-refractivity contribution in [2.24, 2.45) is 10.9 Å². The number of carbonyl (C=O) groups excluding carboxylic acids is 1. The lowest BCUT2D eigenvalue weighted by atomic mass is 10.2. The van der Waals surface area contributed by atoms with E-state index in [4.69, 9.17) is 0 Å². The van der Waals surface area contributed by atoms with Gasteiger partial charge in [0.2, 0.25) is 5.91 Å². The Morgan fingerprint density at radius 2 is 2.08 bits per heavy atom. The van der Waals surface area contributed by atoms with Gasteiger partial charge < -0.3 is 15.5 Å². The van der Waals surface area contributed by atoms with E-state index in [0.29, 0.717) is 0 Å². The van der Waals surface area contributed by atoms with Crippen molar-refractivity contribution in [3.8, 4) is 0 Å². The third kappa shape index (κ3) is 5.55. The predicted molar refractivity (Wildman–Crippen MR) is 99.1 cm³/mol. The molecular weight excluding hydrogens is 300 g/mol. The maximum Gasteiger partial charge on any atom is 0.225 e. The molecule has 1 aliphatic rings. The number of hydrogen-bond acceptors (Lipinski definition) is 2. The molecule has 1 atom stereocenters. The van der Waals surface area contributed by atoms with Crippen LogP contribution in [0.15, 0.2) is 35.3 Å². The van der Waals surface area contributed by atoms with Crippen molar-refractivity contribution < 1.29 is 4.79 Å². The first kappa shape index (κ1) is 18.3. The van der Waals surface area contributed by atoms with E-state index in [-0.39, 0.29) is 17.9 Å². The number of amides is 1. The number of benzene rings is 1. The molecule has 1 fully saturated rings. The number of rotatable bonds is 6. The molecule has 1 heterocycles. The predicted octanol–water partition coefficient (Wildman–Crippen LogP) is 2.04. The van der Waals surface area contributed by atoms with Crippen LogP contribution in [-0.2, 0) is 11.2 Å². The first-order valence-electron chi connectivity index (χ1n) is 8.97. The van der Waals surface area contributed by atoms with Gasteiger partial charge in [-0.25, -0.2) is 0 Å². The van der Waals surface area contributed by atoms with Crippen LogP contribution in [0.4, 0.5) is 0 Å². The quantitative estimate of drug-likeness (QED) is 0.620. The van der Waals surface area contributed by atoms with Crippen LogP contribution in [0.1, 0.15) is 32.8 Å². The zero-order valence-corrected chi connectivity index (χ0v) is 15.1. The highest BCUT2D eigenvalue weighted by Crippen LogP contribution is 2.12. The Kier molecular flexibility index (Phi) is 7.09. The first-order valence-corrected chi connectivity index (χ1v) is 8.97. The van der Waals surface area contributed by atoms with E-state index in [1.54, 1.807) is 0 Å². The van der Waals surface area contributed by atoms with Crippen LogP contribution in [-0.4, -0.2) is 49.0 Å². The number of guanidine groups is 1. The van der Waals surface area contributed by atoms with E-state index in [9.17, 15) is 4.79 Å². The Balaban J connectivity index is 1.84. The summed E-state index contributed by atoms with van der Waals surface area (Å²) in [6.07, 6.45) is 1.90. The Morgan fingerprint density at radius 3 is 2.75 bits per heavy atom. The van der Waals surface area contributed by atoms with E-state index in [0.717, 1.165) is 45.0 Å². The second kappa shape index (κ2) is 9.30. The van der Waals surface area contributed by atoms with Gasteiger partial charge in [-0.05, 0) is 25.3 Å². The molecule has 1 aromatic carbocycles. The lowest BCUT2D eigenvalue weighted by molar-refractivity contribution is -0.133. The Hall–Kier alpha value is -2.04. The third-order valence-corrected chi connectivity index (χ3v) is 4.19. The molecule has 24 heavy (non-hydrogen) atoms. The van der Waals surface area contributed by atoms with Gasteiger partial charge in [-0.2, -0.15) is 0 Å². The van der Waals surface area contributed by atoms with Gasteiger partial charge in [-0.1, -0.05) is 44.2 Å². The summed E-state index contributed by atoms with van der Waals surface area (Å²) >= 11 is 0. The third-order valence-electron chi connectivity index (χ3n) is 4.19. The average molecular weight is 330 g/mol. The highest BCUT2D eigenvalue weighted by Gasteiger charge is 2.27. The van der Waals surface area contributed by atoms with Crippen LogP contribution in [0.2, 0.25) is 0 Å². The summed E-state index contributed by atoms with van der Waals surface area (Å²) < 4.78 is 0. The second-order valence-electron chi connectivity index (χ2n) is 6.57. The lowest BCUT2D eigenvalue weighted by Crippen LogP contribution is -2.45. The molecule has 5 heteroatoms. The van der Waals surface area contributed by atoms with Crippen molar-refractivity contribution >= 4 is 11.9 Å². The van der Waals surface area contributed by atoms with Crippen molar-refractivity contribution in [3.05, 3.63) is 35.9 Å². The van der Waals surface area contributed by atoms with Gasteiger partial charge >= 0.3 is 0 Å². The molecule has 1 aromatic rings. The molecule has 1 amide bonds. The number of nitrogens with one attached hydrogen (secondary N) is 2. The lowest BCUT2D eigenvalue weighted by Gasteiger charge is -2.20. The monoisotopic (exact) mass is 330 g/mol. The zero-order valence-electron chi connectivity index (χ0n) is 15.1. The van der Waals surface area contributed by atoms with E-state index < -0.39 is 0 Å². The van der Waals surface area contributed by atoms with Gasteiger partial charge in [0.05, 0.1) is 0 Å². The molecule has 0 spiro atoms. The van der Waals surface area contributed by atoms with Gasteiger partial charge in [-0.15, -0.1) is 0 Å². The number of aliphatic imine (C=N–C) groups is 1. The number of carbonyl (C=O) groups is 1. The van der Waals surface area contributed by atoms with Crippen molar-refractivity contribution in [2.75, 3.05) is 26.2 Å². The number of nitrogens with zero attached hydrogens (tertiary/aromatic N) is 2. The van der Waals surface area contributed by atoms with Crippen molar-refractivity contribution in [1.29, 1.82) is 0 Å². The molecule has 132 valence electrons. The Labute approximate surface area is 145 Å². The summed E-state index contributed by atoms with van der Waals surface area (Å²) in [5, 5.41) is 6.77. The number of likely N-dealkylation sites (tertiary alicyclic amines) is 1. The van der Waals surface area contributed by atoms with Crippen LogP contribution in [0.25, 0.3) is 0 Å². The van der Waals surface area contributed by atoms with Gasteiger partial charge in [0, 0.05) is 38.1 Å². The molecule has 2 rings (SSSR count). The maximum atomic E-state index is 12.1. The minimum Gasteiger partial charge on any atom is -0.357 e. The summed E-state index contributed by atoms with van der Waals surface area (Å²) in [4.78, 5) is 18.7. The maximum absolute atomic E-state index is 12.1. The van der Waals surface area contributed by atoms with Crippen LogP contribution in [0.3, 0.4) is 0 Å². The Morgan fingerprint density at radius 1 is 1.33 bits per heavy atom. The van der Waals surface area contributed by atoms with Crippen molar-refractivity contribution in [1.82, 2.24) is 15.5 Å². The van der Waals surface area contributed by atoms with Crippen LogP contribution in [0, 0.1) is 5.92 Å². The van der Waals surface area contributed by atoms with E-state index in [2.05, 4.69) is 46.8 Å². The summed E-state index contributed by atoms with van der Waals surface area (Å²) in [7, 11) is 0. The fourth-order valence-electron chi connectivity index (χ4n) is 2.90. The Bertz CT molecular complexity index is 542. The molecule has 5 nitrogen and oxygen atoms in total. The molecule has 0 aliphatic carbocycles. The molecule has 1 saturated heterocycles. The van der Waals surface area contributed by atoms with Gasteiger partial charge in [-0.3, -0.25) is 9.79 Å². The fraction of sp³-hybridized carbons (Fsp3) is 0.579. The minimum atomic E-state index is 0.0662. The molecular formula is C19H30N4O. The normalized spacial score (nSPS) is 18.1. The molecule has 2 N–H and O–H groups in total. The van der Waals surface area contributed by atoms with E-state index in [1.165, 1.54) is 5.56 Å². The van der Waals surface area contributed by atoms with Gasteiger partial charge in [0.15, 0.2) is 5.96 Å². The summed E-state index contributed by atoms with van der Waals surface area (Å²) in [5.74, 6) is 1.15. The van der Waals surface area contributed by atoms with E-state index in [1.807, 2.05) is 24.8 Å². The van der Waals surface area contributed by atoms with Crippen molar-refractivity contribution in [3.63, 3.8) is 0 Å². The topological polar surface area (TPSA) is 56.7 Å². The van der Waals surface area contributed by atoms with Crippen molar-refractivity contribution in [2.45, 2.75) is 39.7 Å². The summed E-state index contributed by atoms with van der Waals surface area (Å²) in [6.45, 7) is 9.16. The first-order chi connectivity index (χ1) is 11.6. The standard InChI is InChI=1S/C19H30N4O/c1-4-20-19(21-12-10-16-8-6-5-7-9-16)22-17-11-13-23(14-17)18(24)15(2)3/h5-9,15,17H,4,10-14H2,1-3H3,(H2,20,21,22). The highest BCUT2D eigenvalue weighted by molar-refractivity contribution is 5.81. The van der Waals surface area contributed by atoms with Crippen LogP contribution in [0.5, 0.6) is 0 Å². The molecule has 0 saturated carbocycles. The largest absolute Gasteiger partial charge is 0.357 e. The SMILES string of the molecule is CCNC(=NCCc1ccccc1)NC1CCN(C(=O)C(C)C)C1. The summed E-state index contributed by atoms with van der Waals surface area (Å²) in [5.41, 5.74) is 1.30. The van der Waals surface area contributed by atoms with Gasteiger partial charge in [0.1, 0.15) is 0 Å². The second-order valence-corrected chi connectivity index (χ2v) is 6.57. The highest BCUT2D eigenvalue weighted by atomic mass is 16.2. The molecule has 0 aromatic heterocycles. The van der Waals surface area contributed by atoms with Crippen LogP contribution < -0.4 is 10.6 Å². The smallest absolute Gasteiger partial charge is 0.225 e. The fourth-order valence-corrected chi connectivity index (χ4v) is 2.90. The number of hydrogen-bond donors (Lipinski definition) is 2. The zero-order chi connectivity index (χ0) is 17.4. The van der Waals surface area contributed by atoms with E-state index >= 15 is 0 Å².